The topological polar surface area (TPSA) is 118 Å². The minimum atomic E-state index is -0.872. The van der Waals surface area contributed by atoms with Gasteiger partial charge in [0.2, 0.25) is 17.7 Å². The summed E-state index contributed by atoms with van der Waals surface area (Å²) in [5.41, 5.74) is 2.67. The van der Waals surface area contributed by atoms with Gasteiger partial charge < -0.3 is 15.0 Å². The van der Waals surface area contributed by atoms with Crippen molar-refractivity contribution in [1.82, 2.24) is 4.57 Å². The van der Waals surface area contributed by atoms with E-state index in [1.807, 2.05) is 43.3 Å². The number of hydrogen-bond acceptors (Lipinski definition) is 9. The van der Waals surface area contributed by atoms with Crippen LogP contribution in [-0.2, 0) is 25.7 Å². The second-order valence-electron chi connectivity index (χ2n) is 11.0. The second-order valence-corrected chi connectivity index (χ2v) is 13.1. The summed E-state index contributed by atoms with van der Waals surface area (Å²) < 4.78 is 19.7. The number of thioether (sulfide) groups is 1. The molecular weight excluding hydrogens is 632 g/mol. The summed E-state index contributed by atoms with van der Waals surface area (Å²) in [7, 11) is 3.82. The first-order valence-corrected chi connectivity index (χ1v) is 16.1. The van der Waals surface area contributed by atoms with Crippen LogP contribution in [-0.4, -0.2) is 54.2 Å². The van der Waals surface area contributed by atoms with Crippen LogP contribution in [0.2, 0.25) is 0 Å². The predicted octanol–water partition coefficient (Wildman–Crippen LogP) is 4.73. The Morgan fingerprint density at radius 2 is 1.61 bits per heavy atom. The van der Waals surface area contributed by atoms with Gasteiger partial charge in [-0.3, -0.25) is 23.7 Å². The Kier molecular flexibility index (Phi) is 8.53. The van der Waals surface area contributed by atoms with E-state index >= 15 is 0 Å². The van der Waals surface area contributed by atoms with Crippen molar-refractivity contribution in [2.75, 3.05) is 35.8 Å². The van der Waals surface area contributed by atoms with Crippen molar-refractivity contribution < 1.29 is 28.3 Å². The molecular formula is C33H29FN4O6S2. The van der Waals surface area contributed by atoms with E-state index in [-0.39, 0.29) is 13.2 Å². The molecule has 10 nitrogen and oxygen atoms in total. The molecule has 1 saturated heterocycles. The standard InChI is InChI=1S/C33H29FN4O6S2/c1-4-44-32(42)19-7-15-23(16-8-19)38-29(40)26-25(18-5-13-22(14-6-18)36(2)3)28-31(45-27(26)30(38)41)37(33(43)46-28)17-24(39)35-21-11-9-20(34)10-12-21/h5-16,25-27H,4,17H2,1-3H3,(H,35,39). The van der Waals surface area contributed by atoms with Crippen molar-refractivity contribution in [1.29, 1.82) is 0 Å². The minimum absolute atomic E-state index is 0.213. The predicted molar refractivity (Wildman–Crippen MR) is 174 cm³/mol. The summed E-state index contributed by atoms with van der Waals surface area (Å²) in [5, 5.41) is 2.26. The van der Waals surface area contributed by atoms with Gasteiger partial charge in [-0.1, -0.05) is 35.2 Å². The SMILES string of the molecule is CCOC(=O)c1ccc(N2C(=O)C3Sc4c(sc(=O)n4CC(=O)Nc4ccc(F)cc4)C(c4ccc(N(C)C)cc4)C3C2=O)cc1. The molecule has 3 amide bonds. The summed E-state index contributed by atoms with van der Waals surface area (Å²) in [4.78, 5) is 70.0. The molecule has 0 aliphatic carbocycles. The number of hydrogen-bond donors (Lipinski definition) is 1. The molecule has 0 saturated carbocycles. The molecule has 236 valence electrons. The number of nitrogens with zero attached hydrogens (tertiary/aromatic N) is 3. The van der Waals surface area contributed by atoms with Crippen molar-refractivity contribution in [3.63, 3.8) is 0 Å². The first kappa shape index (κ1) is 31.2. The maximum atomic E-state index is 14.2. The number of thiazole rings is 1. The number of esters is 1. The Labute approximate surface area is 271 Å². The molecule has 3 atom stereocenters. The van der Waals surface area contributed by atoms with Crippen molar-refractivity contribution in [2.45, 2.75) is 29.7 Å². The summed E-state index contributed by atoms with van der Waals surface area (Å²) in [6, 6.07) is 19.0. The Hall–Kier alpha value is -4.75. The van der Waals surface area contributed by atoms with Gasteiger partial charge in [-0.05, 0) is 73.2 Å². The lowest BCUT2D eigenvalue weighted by molar-refractivity contribution is -0.122. The molecule has 4 aromatic rings. The molecule has 1 fully saturated rings. The van der Waals surface area contributed by atoms with E-state index in [4.69, 9.17) is 4.74 Å². The van der Waals surface area contributed by atoms with E-state index in [0.29, 0.717) is 26.8 Å². The van der Waals surface area contributed by atoms with Crippen molar-refractivity contribution in [3.8, 4) is 0 Å². The maximum Gasteiger partial charge on any atom is 0.338 e. The van der Waals surface area contributed by atoms with E-state index in [0.717, 1.165) is 39.2 Å². The number of aromatic nitrogens is 1. The van der Waals surface area contributed by atoms with Crippen LogP contribution in [0.3, 0.4) is 0 Å². The number of carbonyl (C=O) groups is 4. The number of carbonyl (C=O) groups excluding carboxylic acids is 4. The highest BCUT2D eigenvalue weighted by Gasteiger charge is 2.56. The lowest BCUT2D eigenvalue weighted by atomic mass is 9.83. The maximum absolute atomic E-state index is 14.2. The van der Waals surface area contributed by atoms with E-state index in [1.165, 1.54) is 53.1 Å². The van der Waals surface area contributed by atoms with Crippen molar-refractivity contribution in [2.24, 2.45) is 5.92 Å². The molecule has 0 radical (unpaired) electrons. The van der Waals surface area contributed by atoms with Crippen LogP contribution in [0.1, 0.15) is 33.6 Å². The summed E-state index contributed by atoms with van der Waals surface area (Å²) >= 11 is 2.06. The third kappa shape index (κ3) is 5.71. The van der Waals surface area contributed by atoms with Gasteiger partial charge >= 0.3 is 10.8 Å². The van der Waals surface area contributed by atoms with Crippen LogP contribution in [0.15, 0.2) is 82.6 Å². The average molecular weight is 661 g/mol. The Balaban J connectivity index is 1.38. The Morgan fingerprint density at radius 3 is 2.24 bits per heavy atom. The average Bonchev–Trinajstić information content (AvgIpc) is 3.48. The van der Waals surface area contributed by atoms with Gasteiger partial charge in [-0.15, -0.1) is 0 Å². The number of rotatable bonds is 8. The van der Waals surface area contributed by atoms with Crippen LogP contribution in [0.5, 0.6) is 0 Å². The molecule has 1 N–H and O–H groups in total. The molecule has 2 aliphatic rings. The molecule has 3 aromatic carbocycles. The number of halogens is 1. The van der Waals surface area contributed by atoms with E-state index in [2.05, 4.69) is 5.32 Å². The molecule has 6 rings (SSSR count). The Morgan fingerprint density at radius 1 is 0.935 bits per heavy atom. The van der Waals surface area contributed by atoms with Crippen molar-refractivity contribution >= 4 is 63.9 Å². The fourth-order valence-corrected chi connectivity index (χ4v) is 8.46. The monoisotopic (exact) mass is 660 g/mol. The van der Waals surface area contributed by atoms with Gasteiger partial charge in [0.05, 0.1) is 28.8 Å². The summed E-state index contributed by atoms with van der Waals surface area (Å²) in [6.45, 7) is 1.58. The molecule has 2 aliphatic heterocycles. The largest absolute Gasteiger partial charge is 0.462 e. The van der Waals surface area contributed by atoms with Crippen LogP contribution >= 0.6 is 23.1 Å². The van der Waals surface area contributed by atoms with Crippen molar-refractivity contribution in [3.05, 3.63) is 104 Å². The molecule has 13 heteroatoms. The highest BCUT2D eigenvalue weighted by atomic mass is 32.2. The van der Waals surface area contributed by atoms with Gasteiger partial charge in [-0.25, -0.2) is 14.1 Å². The van der Waals surface area contributed by atoms with E-state index in [9.17, 15) is 28.4 Å². The van der Waals surface area contributed by atoms with E-state index < -0.39 is 51.5 Å². The first-order valence-electron chi connectivity index (χ1n) is 14.4. The fraction of sp³-hybridized carbons (Fsp3) is 0.242. The first-order chi connectivity index (χ1) is 22.1. The van der Waals surface area contributed by atoms with Gasteiger partial charge in [0.15, 0.2) is 0 Å². The molecule has 3 heterocycles. The number of anilines is 3. The molecule has 3 unspecified atom stereocenters. The third-order valence-electron chi connectivity index (χ3n) is 7.88. The van der Waals surface area contributed by atoms with Gasteiger partial charge in [0, 0.05) is 36.3 Å². The fourth-order valence-electron chi connectivity index (χ4n) is 5.69. The summed E-state index contributed by atoms with van der Waals surface area (Å²) in [5.74, 6) is -3.77. The molecule has 0 spiro atoms. The normalized spacial score (nSPS) is 18.6. The van der Waals surface area contributed by atoms with Gasteiger partial charge in [0.1, 0.15) is 17.6 Å². The third-order valence-corrected chi connectivity index (χ3v) is 10.5. The molecule has 1 aromatic heterocycles. The number of ether oxygens (including phenoxy) is 1. The van der Waals surface area contributed by atoms with Crippen LogP contribution in [0, 0.1) is 11.7 Å². The number of benzene rings is 3. The number of imide groups is 1. The number of amides is 3. The van der Waals surface area contributed by atoms with Crippen LogP contribution < -0.4 is 20.0 Å². The highest BCUT2D eigenvalue weighted by Crippen LogP contribution is 2.54. The highest BCUT2D eigenvalue weighted by molar-refractivity contribution is 8.00. The zero-order valence-electron chi connectivity index (χ0n) is 25.1. The lowest BCUT2D eigenvalue weighted by Crippen LogP contribution is -2.33. The van der Waals surface area contributed by atoms with Crippen LogP contribution in [0.25, 0.3) is 0 Å². The van der Waals surface area contributed by atoms with Crippen LogP contribution in [0.4, 0.5) is 21.5 Å². The second kappa shape index (κ2) is 12.6. The summed E-state index contributed by atoms with van der Waals surface area (Å²) in [6.07, 6.45) is 0. The minimum Gasteiger partial charge on any atom is -0.462 e. The van der Waals surface area contributed by atoms with Gasteiger partial charge in [0.25, 0.3) is 0 Å². The zero-order chi connectivity index (χ0) is 32.7. The zero-order valence-corrected chi connectivity index (χ0v) is 26.7. The molecule has 46 heavy (non-hydrogen) atoms. The quantitative estimate of drug-likeness (QED) is 0.213. The van der Waals surface area contributed by atoms with E-state index in [1.54, 1.807) is 6.92 Å². The smallest absolute Gasteiger partial charge is 0.338 e. The molecule has 0 bridgehead atoms. The Bertz CT molecular complexity index is 1890. The number of nitrogens with one attached hydrogen (secondary N) is 1. The van der Waals surface area contributed by atoms with Gasteiger partial charge in [-0.2, -0.15) is 0 Å². The number of fused-ring (bicyclic) bond motifs is 2. The lowest BCUT2D eigenvalue weighted by Gasteiger charge is -2.31.